The van der Waals surface area contributed by atoms with Crippen LogP contribution < -0.4 is 4.74 Å². The fraction of sp³-hybridized carbons (Fsp3) is 0.529. The van der Waals surface area contributed by atoms with Crippen LogP contribution in [0.25, 0.3) is 0 Å². The molecule has 1 fully saturated rings. The molecule has 0 amide bonds. The predicted molar refractivity (Wildman–Crippen MR) is 79.1 cm³/mol. The lowest BCUT2D eigenvalue weighted by atomic mass is 9.83. The van der Waals surface area contributed by atoms with Gasteiger partial charge in [-0.3, -0.25) is 0 Å². The lowest BCUT2D eigenvalue weighted by Gasteiger charge is -2.24. The van der Waals surface area contributed by atoms with Crippen LogP contribution in [0.4, 0.5) is 0 Å². The maximum absolute atomic E-state index is 11.4. The van der Waals surface area contributed by atoms with Crippen molar-refractivity contribution in [1.82, 2.24) is 0 Å². The Kier molecular flexibility index (Phi) is 5.62. The summed E-state index contributed by atoms with van der Waals surface area (Å²) in [6, 6.07) is 7.59. The smallest absolute Gasteiger partial charge is 0.344 e. The van der Waals surface area contributed by atoms with E-state index in [1.807, 2.05) is 6.07 Å². The molecule has 4 nitrogen and oxygen atoms in total. The Balaban J connectivity index is 2.15. The number of nitrogens with zero attached hydrogens (tertiary/aromatic N) is 1. The SMILES string of the molecule is CCOC(=O)COc1ccc(C#N)cc1C1CCCCC1. The molecule has 1 aliphatic carbocycles. The van der Waals surface area contributed by atoms with E-state index in [4.69, 9.17) is 14.7 Å². The molecule has 0 bridgehead atoms. The molecule has 4 heteroatoms. The van der Waals surface area contributed by atoms with Crippen molar-refractivity contribution in [2.75, 3.05) is 13.2 Å². The second kappa shape index (κ2) is 7.68. The first-order valence-corrected chi connectivity index (χ1v) is 7.57. The van der Waals surface area contributed by atoms with Crippen molar-refractivity contribution < 1.29 is 14.3 Å². The van der Waals surface area contributed by atoms with Crippen LogP contribution in [-0.4, -0.2) is 19.2 Å². The topological polar surface area (TPSA) is 59.3 Å². The number of nitriles is 1. The molecule has 0 radical (unpaired) electrons. The Morgan fingerprint density at radius 1 is 1.33 bits per heavy atom. The van der Waals surface area contributed by atoms with Crippen molar-refractivity contribution in [1.29, 1.82) is 5.26 Å². The van der Waals surface area contributed by atoms with Gasteiger partial charge in [0, 0.05) is 0 Å². The molecule has 1 aromatic rings. The lowest BCUT2D eigenvalue weighted by molar-refractivity contribution is -0.145. The van der Waals surface area contributed by atoms with Crippen LogP contribution in [0, 0.1) is 11.3 Å². The molecule has 0 N–H and O–H groups in total. The monoisotopic (exact) mass is 287 g/mol. The number of benzene rings is 1. The Morgan fingerprint density at radius 3 is 2.76 bits per heavy atom. The van der Waals surface area contributed by atoms with Gasteiger partial charge >= 0.3 is 5.97 Å². The molecule has 0 spiro atoms. The lowest BCUT2D eigenvalue weighted by Crippen LogP contribution is -2.16. The third-order valence-corrected chi connectivity index (χ3v) is 3.83. The number of esters is 1. The van der Waals surface area contributed by atoms with Crippen LogP contribution in [0.15, 0.2) is 18.2 Å². The van der Waals surface area contributed by atoms with E-state index in [0.717, 1.165) is 18.4 Å². The molecule has 1 aliphatic rings. The van der Waals surface area contributed by atoms with Crippen LogP contribution in [0.1, 0.15) is 56.1 Å². The third-order valence-electron chi connectivity index (χ3n) is 3.83. The normalized spacial score (nSPS) is 15.2. The van der Waals surface area contributed by atoms with Gasteiger partial charge in [0.25, 0.3) is 0 Å². The largest absolute Gasteiger partial charge is 0.482 e. The predicted octanol–water partition coefficient (Wildman–Crippen LogP) is 3.55. The number of carbonyl (C=O) groups excluding carboxylic acids is 1. The highest BCUT2D eigenvalue weighted by Gasteiger charge is 2.20. The summed E-state index contributed by atoms with van der Waals surface area (Å²) in [5.41, 5.74) is 1.69. The molecule has 0 unspecified atom stereocenters. The van der Waals surface area contributed by atoms with Gasteiger partial charge in [0.2, 0.25) is 0 Å². The van der Waals surface area contributed by atoms with E-state index >= 15 is 0 Å². The van der Waals surface area contributed by atoms with Gasteiger partial charge in [0.1, 0.15) is 5.75 Å². The maximum Gasteiger partial charge on any atom is 0.344 e. The van der Waals surface area contributed by atoms with Gasteiger partial charge in [-0.1, -0.05) is 19.3 Å². The molecule has 1 saturated carbocycles. The van der Waals surface area contributed by atoms with Gasteiger partial charge in [-0.25, -0.2) is 4.79 Å². The summed E-state index contributed by atoms with van der Waals surface area (Å²) < 4.78 is 10.5. The molecular formula is C17H21NO3. The fourth-order valence-corrected chi connectivity index (χ4v) is 2.82. The highest BCUT2D eigenvalue weighted by molar-refractivity contribution is 5.71. The molecule has 0 aliphatic heterocycles. The van der Waals surface area contributed by atoms with Gasteiger partial charge < -0.3 is 9.47 Å². The van der Waals surface area contributed by atoms with Crippen molar-refractivity contribution >= 4 is 5.97 Å². The Morgan fingerprint density at radius 2 is 2.10 bits per heavy atom. The Bertz CT molecular complexity index is 527. The van der Waals surface area contributed by atoms with E-state index in [9.17, 15) is 4.79 Å². The summed E-state index contributed by atoms with van der Waals surface area (Å²) in [6.45, 7) is 2.04. The fourth-order valence-electron chi connectivity index (χ4n) is 2.82. The van der Waals surface area contributed by atoms with Crippen molar-refractivity contribution in [2.24, 2.45) is 0 Å². The average Bonchev–Trinajstić information content (AvgIpc) is 2.54. The molecule has 0 saturated heterocycles. The van der Waals surface area contributed by atoms with Crippen LogP contribution in [0.5, 0.6) is 5.75 Å². The van der Waals surface area contributed by atoms with Gasteiger partial charge in [-0.15, -0.1) is 0 Å². The first kappa shape index (κ1) is 15.4. The highest BCUT2D eigenvalue weighted by atomic mass is 16.6. The molecule has 21 heavy (non-hydrogen) atoms. The van der Waals surface area contributed by atoms with Gasteiger partial charge in [0.05, 0.1) is 18.2 Å². The zero-order valence-corrected chi connectivity index (χ0v) is 12.4. The van der Waals surface area contributed by atoms with Crippen molar-refractivity contribution in [2.45, 2.75) is 44.9 Å². The summed E-state index contributed by atoms with van der Waals surface area (Å²) in [4.78, 5) is 11.4. The maximum atomic E-state index is 11.4. The first-order chi connectivity index (χ1) is 10.2. The van der Waals surface area contributed by atoms with Crippen LogP contribution >= 0.6 is 0 Å². The van der Waals surface area contributed by atoms with E-state index in [2.05, 4.69) is 6.07 Å². The van der Waals surface area contributed by atoms with Crippen molar-refractivity contribution in [3.8, 4) is 11.8 Å². The third kappa shape index (κ3) is 4.22. The standard InChI is InChI=1S/C17H21NO3/c1-2-20-17(19)12-21-16-9-8-13(11-18)10-15(16)14-6-4-3-5-7-14/h8-10,14H,2-7,12H2,1H3. The van der Waals surface area contributed by atoms with E-state index in [1.54, 1.807) is 19.1 Å². The molecule has 0 atom stereocenters. The minimum absolute atomic E-state index is 0.0839. The van der Waals surface area contributed by atoms with Crippen molar-refractivity contribution in [3.05, 3.63) is 29.3 Å². The average molecular weight is 287 g/mol. The van der Waals surface area contributed by atoms with Crippen LogP contribution in [-0.2, 0) is 9.53 Å². The summed E-state index contributed by atoms with van der Waals surface area (Å²) in [7, 11) is 0. The van der Waals surface area contributed by atoms with Crippen LogP contribution in [0.2, 0.25) is 0 Å². The minimum Gasteiger partial charge on any atom is -0.482 e. The quantitative estimate of drug-likeness (QED) is 0.777. The zero-order chi connectivity index (χ0) is 15.1. The summed E-state index contributed by atoms with van der Waals surface area (Å²) in [5.74, 6) is 0.759. The summed E-state index contributed by atoms with van der Waals surface area (Å²) in [5, 5.41) is 9.07. The zero-order valence-electron chi connectivity index (χ0n) is 12.4. The number of carbonyl (C=O) groups is 1. The second-order valence-corrected chi connectivity index (χ2v) is 5.29. The van der Waals surface area contributed by atoms with E-state index < -0.39 is 0 Å². The van der Waals surface area contributed by atoms with E-state index in [1.165, 1.54) is 19.3 Å². The molecule has 1 aromatic carbocycles. The Labute approximate surface area is 125 Å². The minimum atomic E-state index is -0.364. The van der Waals surface area contributed by atoms with E-state index in [0.29, 0.717) is 23.8 Å². The van der Waals surface area contributed by atoms with Crippen LogP contribution in [0.3, 0.4) is 0 Å². The number of ether oxygens (including phenoxy) is 2. The van der Waals surface area contributed by atoms with Crippen molar-refractivity contribution in [3.63, 3.8) is 0 Å². The van der Waals surface area contributed by atoms with Gasteiger partial charge in [0.15, 0.2) is 6.61 Å². The highest BCUT2D eigenvalue weighted by Crippen LogP contribution is 2.37. The number of hydrogen-bond donors (Lipinski definition) is 0. The second-order valence-electron chi connectivity index (χ2n) is 5.29. The van der Waals surface area contributed by atoms with E-state index in [-0.39, 0.29) is 12.6 Å². The Hall–Kier alpha value is -2.02. The molecular weight excluding hydrogens is 266 g/mol. The molecule has 112 valence electrons. The molecule has 0 aromatic heterocycles. The van der Waals surface area contributed by atoms with Gasteiger partial charge in [-0.2, -0.15) is 5.26 Å². The molecule has 2 rings (SSSR count). The molecule has 0 heterocycles. The summed E-state index contributed by atoms with van der Waals surface area (Å²) >= 11 is 0. The first-order valence-electron chi connectivity index (χ1n) is 7.57. The number of hydrogen-bond acceptors (Lipinski definition) is 4. The summed E-state index contributed by atoms with van der Waals surface area (Å²) in [6.07, 6.45) is 5.92. The van der Waals surface area contributed by atoms with Gasteiger partial charge in [-0.05, 0) is 49.4 Å². The number of rotatable bonds is 5.